The molecule has 150 valence electrons. The Labute approximate surface area is 173 Å². The van der Waals surface area contributed by atoms with Crippen LogP contribution in [0.2, 0.25) is 0 Å². The third kappa shape index (κ3) is 4.92. The Kier molecular flexibility index (Phi) is 5.76. The Bertz CT molecular complexity index is 1050. The lowest BCUT2D eigenvalue weighted by Crippen LogP contribution is -2.22. The summed E-state index contributed by atoms with van der Waals surface area (Å²) in [5.74, 6) is 1.17. The molecule has 1 amide bonds. The van der Waals surface area contributed by atoms with E-state index in [1.807, 2.05) is 30.3 Å². The number of carbonyl (C=O) groups excluding carboxylic acids is 1. The van der Waals surface area contributed by atoms with Crippen molar-refractivity contribution < 1.29 is 9.53 Å². The van der Waals surface area contributed by atoms with Gasteiger partial charge in [-0.2, -0.15) is 0 Å². The predicted molar refractivity (Wildman–Crippen MR) is 113 cm³/mol. The van der Waals surface area contributed by atoms with Crippen LogP contribution in [-0.2, 0) is 6.54 Å². The van der Waals surface area contributed by atoms with Gasteiger partial charge in [-0.05, 0) is 30.9 Å². The summed E-state index contributed by atoms with van der Waals surface area (Å²) in [5.41, 5.74) is 1.41. The van der Waals surface area contributed by atoms with E-state index in [0.717, 1.165) is 17.9 Å². The third-order valence-electron chi connectivity index (χ3n) is 4.88. The lowest BCUT2D eigenvalue weighted by Gasteiger charge is -2.06. The molecule has 0 spiro atoms. The van der Waals surface area contributed by atoms with Gasteiger partial charge in [-0.15, -0.1) is 0 Å². The molecule has 1 aliphatic rings. The van der Waals surface area contributed by atoms with E-state index >= 15 is 0 Å². The molecule has 6 nitrogen and oxygen atoms in total. The first-order valence-corrected chi connectivity index (χ1v) is 10.6. The average Bonchev–Trinajstić information content (AvgIpc) is 3.47. The number of carbonyl (C=O) groups is 1. The van der Waals surface area contributed by atoms with Crippen molar-refractivity contribution in [3.05, 3.63) is 75.1 Å². The van der Waals surface area contributed by atoms with Crippen molar-refractivity contribution in [2.45, 2.75) is 32.7 Å². The number of nitrogens with one attached hydrogen (secondary N) is 1. The molecular formula is C22H23N3O3S. The molecule has 7 heteroatoms. The topological polar surface area (TPSA) is 73.2 Å². The molecule has 0 bridgehead atoms. The fourth-order valence-corrected chi connectivity index (χ4v) is 3.99. The van der Waals surface area contributed by atoms with Crippen LogP contribution in [0.5, 0.6) is 5.75 Å². The zero-order chi connectivity index (χ0) is 20.2. The highest BCUT2D eigenvalue weighted by Crippen LogP contribution is 2.32. The number of amides is 1. The molecule has 29 heavy (non-hydrogen) atoms. The second kappa shape index (κ2) is 8.61. The number of ether oxygens (including phenoxy) is 1. The SMILES string of the molecule is Cc1nc(-n2ccc(OCCC3CC3)cc2=O)sc1C(=O)NCc1ccccc1. The summed E-state index contributed by atoms with van der Waals surface area (Å²) in [7, 11) is 0. The second-order valence-electron chi connectivity index (χ2n) is 7.23. The summed E-state index contributed by atoms with van der Waals surface area (Å²) >= 11 is 1.20. The molecule has 1 aliphatic carbocycles. The van der Waals surface area contributed by atoms with Crippen molar-refractivity contribution >= 4 is 17.2 Å². The summed E-state index contributed by atoms with van der Waals surface area (Å²) in [6.45, 7) is 2.85. The molecule has 1 fully saturated rings. The maximum absolute atomic E-state index is 12.6. The van der Waals surface area contributed by atoms with E-state index in [4.69, 9.17) is 4.74 Å². The standard InChI is InChI=1S/C22H23N3O3S/c1-15-20(21(27)23-14-17-5-3-2-4-6-17)29-22(24-15)25-11-9-18(13-19(25)26)28-12-10-16-7-8-16/h2-6,9,11,13,16H,7-8,10,12,14H2,1H3,(H,23,27). The van der Waals surface area contributed by atoms with Gasteiger partial charge in [0.25, 0.3) is 11.5 Å². The Morgan fingerprint density at radius 1 is 1.28 bits per heavy atom. The van der Waals surface area contributed by atoms with E-state index in [-0.39, 0.29) is 11.5 Å². The molecule has 1 aromatic carbocycles. The van der Waals surface area contributed by atoms with E-state index < -0.39 is 0 Å². The number of rotatable bonds is 8. The quantitative estimate of drug-likeness (QED) is 0.616. The van der Waals surface area contributed by atoms with Crippen molar-refractivity contribution in [2.75, 3.05) is 6.61 Å². The van der Waals surface area contributed by atoms with Crippen LogP contribution in [-0.4, -0.2) is 22.1 Å². The molecule has 0 saturated heterocycles. The van der Waals surface area contributed by atoms with Crippen molar-refractivity contribution in [1.82, 2.24) is 14.9 Å². The van der Waals surface area contributed by atoms with Gasteiger partial charge in [-0.1, -0.05) is 54.5 Å². The minimum Gasteiger partial charge on any atom is -0.493 e. The second-order valence-corrected chi connectivity index (χ2v) is 8.21. The van der Waals surface area contributed by atoms with Gasteiger partial charge in [-0.25, -0.2) is 4.98 Å². The molecule has 3 aromatic rings. The van der Waals surface area contributed by atoms with Crippen LogP contribution in [0.1, 0.15) is 40.2 Å². The molecule has 4 rings (SSSR count). The monoisotopic (exact) mass is 409 g/mol. The van der Waals surface area contributed by atoms with Gasteiger partial charge in [0.05, 0.1) is 12.3 Å². The Balaban J connectivity index is 1.43. The molecule has 1 saturated carbocycles. The van der Waals surface area contributed by atoms with Crippen LogP contribution in [0.4, 0.5) is 0 Å². The van der Waals surface area contributed by atoms with E-state index in [0.29, 0.717) is 34.6 Å². The van der Waals surface area contributed by atoms with Crippen molar-refractivity contribution in [3.63, 3.8) is 0 Å². The zero-order valence-electron chi connectivity index (χ0n) is 16.3. The molecule has 0 atom stereocenters. The van der Waals surface area contributed by atoms with Gasteiger partial charge >= 0.3 is 0 Å². The minimum atomic E-state index is -0.223. The summed E-state index contributed by atoms with van der Waals surface area (Å²) in [5, 5.41) is 3.38. The number of aryl methyl sites for hydroxylation is 1. The number of nitrogens with zero attached hydrogens (tertiary/aromatic N) is 2. The lowest BCUT2D eigenvalue weighted by atomic mass is 10.2. The van der Waals surface area contributed by atoms with Gasteiger partial charge in [0.2, 0.25) is 0 Å². The Morgan fingerprint density at radius 3 is 2.79 bits per heavy atom. The zero-order valence-corrected chi connectivity index (χ0v) is 17.1. The fourth-order valence-electron chi connectivity index (χ4n) is 3.01. The number of thiazole rings is 1. The molecule has 0 unspecified atom stereocenters. The maximum Gasteiger partial charge on any atom is 0.263 e. The van der Waals surface area contributed by atoms with Gasteiger partial charge in [0.15, 0.2) is 5.13 Å². The summed E-state index contributed by atoms with van der Waals surface area (Å²) in [6.07, 6.45) is 5.26. The van der Waals surface area contributed by atoms with Crippen LogP contribution >= 0.6 is 11.3 Å². The minimum absolute atomic E-state index is 0.191. The van der Waals surface area contributed by atoms with Gasteiger partial charge in [0.1, 0.15) is 10.6 Å². The van der Waals surface area contributed by atoms with E-state index in [2.05, 4.69) is 10.3 Å². The molecule has 2 aromatic heterocycles. The molecule has 0 aliphatic heterocycles. The van der Waals surface area contributed by atoms with Crippen molar-refractivity contribution in [1.29, 1.82) is 0 Å². The third-order valence-corrected chi connectivity index (χ3v) is 6.03. The van der Waals surface area contributed by atoms with Crippen LogP contribution in [0.15, 0.2) is 53.5 Å². The highest BCUT2D eigenvalue weighted by molar-refractivity contribution is 7.16. The highest BCUT2D eigenvalue weighted by atomic mass is 32.1. The molecular weight excluding hydrogens is 386 g/mol. The van der Waals surface area contributed by atoms with Crippen LogP contribution in [0.3, 0.4) is 0 Å². The summed E-state index contributed by atoms with van der Waals surface area (Å²) in [4.78, 5) is 30.0. The first kappa shape index (κ1) is 19.4. The molecule has 2 heterocycles. The number of aromatic nitrogens is 2. The smallest absolute Gasteiger partial charge is 0.263 e. The number of hydrogen-bond acceptors (Lipinski definition) is 5. The van der Waals surface area contributed by atoms with Crippen molar-refractivity contribution in [3.8, 4) is 10.9 Å². The predicted octanol–water partition coefficient (Wildman–Crippen LogP) is 3.71. The largest absolute Gasteiger partial charge is 0.493 e. The summed E-state index contributed by atoms with van der Waals surface area (Å²) < 4.78 is 7.12. The van der Waals surface area contributed by atoms with E-state index in [9.17, 15) is 9.59 Å². The van der Waals surface area contributed by atoms with Gasteiger partial charge in [-0.3, -0.25) is 14.2 Å². The first-order chi connectivity index (χ1) is 14.1. The summed E-state index contributed by atoms with van der Waals surface area (Å²) in [6, 6.07) is 13.0. The number of pyridine rings is 1. The van der Waals surface area contributed by atoms with Crippen LogP contribution in [0, 0.1) is 12.8 Å². The van der Waals surface area contributed by atoms with Gasteiger partial charge < -0.3 is 10.1 Å². The van der Waals surface area contributed by atoms with Crippen LogP contribution < -0.4 is 15.6 Å². The molecule has 1 N–H and O–H groups in total. The van der Waals surface area contributed by atoms with Crippen molar-refractivity contribution in [2.24, 2.45) is 5.92 Å². The lowest BCUT2D eigenvalue weighted by molar-refractivity contribution is 0.0954. The van der Waals surface area contributed by atoms with Crippen LogP contribution in [0.25, 0.3) is 5.13 Å². The molecule has 0 radical (unpaired) electrons. The fraction of sp³-hybridized carbons (Fsp3) is 0.318. The Morgan fingerprint density at radius 2 is 2.07 bits per heavy atom. The Hall–Kier alpha value is -2.93. The number of hydrogen-bond donors (Lipinski definition) is 1. The number of benzene rings is 1. The first-order valence-electron chi connectivity index (χ1n) is 9.75. The maximum atomic E-state index is 12.6. The highest BCUT2D eigenvalue weighted by Gasteiger charge is 2.21. The average molecular weight is 410 g/mol. The van der Waals surface area contributed by atoms with E-state index in [1.165, 1.54) is 34.8 Å². The van der Waals surface area contributed by atoms with E-state index in [1.54, 1.807) is 19.2 Å². The van der Waals surface area contributed by atoms with Gasteiger partial charge in [0, 0.05) is 18.8 Å². The normalized spacial score (nSPS) is 13.3.